The number of aliphatic hydroxyl groups excluding tert-OH is 8. The lowest BCUT2D eigenvalue weighted by atomic mass is 9.94. The van der Waals surface area contributed by atoms with E-state index >= 15 is 0 Å². The van der Waals surface area contributed by atoms with E-state index in [1.165, 1.54) is 0 Å². The van der Waals surface area contributed by atoms with Crippen molar-refractivity contribution in [1.29, 1.82) is 0 Å². The van der Waals surface area contributed by atoms with Gasteiger partial charge in [-0.15, -0.1) is 0 Å². The summed E-state index contributed by atoms with van der Waals surface area (Å²) in [7, 11) is -5.14. The van der Waals surface area contributed by atoms with Gasteiger partial charge in [-0.05, 0) is 0 Å². The molecule has 3 fully saturated rings. The minimum Gasteiger partial charge on any atom is -0.394 e. The maximum Gasteiger partial charge on any atom is 0.397 e. The molecule has 0 aromatic heterocycles. The largest absolute Gasteiger partial charge is 0.397 e. The zero-order valence-corrected chi connectivity index (χ0v) is 24.1. The molecule has 0 aliphatic carbocycles. The van der Waals surface area contributed by atoms with Gasteiger partial charge in [0.2, 0.25) is 11.8 Å². The number of rotatable bonds is 11. The van der Waals surface area contributed by atoms with Crippen LogP contribution in [0.15, 0.2) is 0 Å². The van der Waals surface area contributed by atoms with Gasteiger partial charge in [0.1, 0.15) is 73.1 Å². The molecule has 0 saturated carbocycles. The van der Waals surface area contributed by atoms with Crippen molar-refractivity contribution in [3.63, 3.8) is 0 Å². The van der Waals surface area contributed by atoms with E-state index in [1.54, 1.807) is 0 Å². The molecule has 3 heterocycles. The van der Waals surface area contributed by atoms with Gasteiger partial charge in [-0.1, -0.05) is 0 Å². The highest BCUT2D eigenvalue weighted by atomic mass is 32.3. The molecule has 15 atom stereocenters. The average Bonchev–Trinajstić information content (AvgIpc) is 2.93. The Morgan fingerprint density at radius 1 is 0.682 bits per heavy atom. The Kier molecular flexibility index (Phi) is 12.7. The molecule has 3 rings (SSSR count). The van der Waals surface area contributed by atoms with Crippen LogP contribution in [0.2, 0.25) is 0 Å². The summed E-state index contributed by atoms with van der Waals surface area (Å²) in [6.45, 7) is -0.700. The van der Waals surface area contributed by atoms with Crippen LogP contribution in [0, 0.1) is 0 Å². The number of carbonyl (C=O) groups excluding carboxylic acids is 2. The minimum atomic E-state index is -5.14. The van der Waals surface area contributed by atoms with Crippen LogP contribution in [0.4, 0.5) is 0 Å². The number of ether oxygens (including phenoxy) is 5. The Morgan fingerprint density at radius 3 is 1.73 bits per heavy atom. The highest BCUT2D eigenvalue weighted by Gasteiger charge is 2.54. The van der Waals surface area contributed by atoms with Crippen molar-refractivity contribution in [2.75, 3.05) is 19.8 Å². The van der Waals surface area contributed by atoms with Gasteiger partial charge < -0.3 is 75.2 Å². The van der Waals surface area contributed by atoms with Gasteiger partial charge in [0.15, 0.2) is 18.9 Å². The Morgan fingerprint density at radius 2 is 1.18 bits per heavy atom. The number of carbonyl (C=O) groups is 2. The van der Waals surface area contributed by atoms with E-state index in [0.717, 1.165) is 13.8 Å². The zero-order valence-electron chi connectivity index (χ0n) is 23.3. The number of hydrogen-bond donors (Lipinski definition) is 11. The first-order chi connectivity index (χ1) is 20.5. The molecule has 3 aliphatic rings. The second kappa shape index (κ2) is 15.3. The number of amides is 2. The molecular formula is C22H38N2O19S. The maximum atomic E-state index is 12.1. The molecule has 0 radical (unpaired) electrons. The van der Waals surface area contributed by atoms with Crippen LogP contribution in [-0.4, -0.2) is 177 Å². The van der Waals surface area contributed by atoms with Crippen molar-refractivity contribution >= 4 is 22.2 Å². The molecule has 0 unspecified atom stereocenters. The normalized spacial score (nSPS) is 43.3. The molecule has 3 aliphatic heterocycles. The van der Waals surface area contributed by atoms with E-state index in [9.17, 15) is 58.9 Å². The molecule has 0 spiro atoms. The van der Waals surface area contributed by atoms with E-state index in [0.29, 0.717) is 0 Å². The van der Waals surface area contributed by atoms with Crippen LogP contribution in [0.25, 0.3) is 0 Å². The van der Waals surface area contributed by atoms with Gasteiger partial charge in [0.05, 0.1) is 19.8 Å². The first-order valence-electron chi connectivity index (χ1n) is 13.2. The second-order valence-corrected chi connectivity index (χ2v) is 11.4. The van der Waals surface area contributed by atoms with Gasteiger partial charge in [-0.3, -0.25) is 14.1 Å². The molecule has 2 amide bonds. The lowest BCUT2D eigenvalue weighted by Crippen LogP contribution is -2.70. The van der Waals surface area contributed by atoms with Crippen LogP contribution in [0.1, 0.15) is 13.8 Å². The first kappa shape index (κ1) is 36.8. The van der Waals surface area contributed by atoms with E-state index in [-0.39, 0.29) is 0 Å². The van der Waals surface area contributed by atoms with Crippen molar-refractivity contribution in [3.05, 3.63) is 0 Å². The third kappa shape index (κ3) is 8.75. The molecule has 21 nitrogen and oxygen atoms in total. The third-order valence-corrected chi connectivity index (χ3v) is 7.53. The fourth-order valence-electron chi connectivity index (χ4n) is 5.01. The molecule has 0 aromatic rings. The maximum absolute atomic E-state index is 12.1. The lowest BCUT2D eigenvalue weighted by molar-refractivity contribution is -0.360. The zero-order chi connectivity index (χ0) is 33.1. The lowest BCUT2D eigenvalue weighted by Gasteiger charge is -2.49. The van der Waals surface area contributed by atoms with Crippen molar-refractivity contribution in [1.82, 2.24) is 10.6 Å². The molecule has 256 valence electrons. The van der Waals surface area contributed by atoms with Gasteiger partial charge in [-0.25, -0.2) is 4.18 Å². The number of hydrogen-bond acceptors (Lipinski definition) is 18. The summed E-state index contributed by atoms with van der Waals surface area (Å²) in [5.74, 6) is -1.47. The van der Waals surface area contributed by atoms with Gasteiger partial charge >= 0.3 is 10.4 Å². The molecular weight excluding hydrogens is 628 g/mol. The van der Waals surface area contributed by atoms with Crippen LogP contribution >= 0.6 is 0 Å². The molecule has 11 N–H and O–H groups in total. The Bertz CT molecular complexity index is 1080. The second-order valence-electron chi connectivity index (χ2n) is 10.3. The number of aliphatic hydroxyl groups is 8. The SMILES string of the molecule is CC(=O)N[C@@H]1[C@@H](O)[C@H](O[C@@H]2O[C@H](COS(=O)(=O)O)[C@@H](O[C@@H]3O[C@H](CO)[C@H](O)[C@H](O)[C@H]3O)[C@H](O)[C@H]2NC(C)=O)[C@@H](CO)O[C@@H]1O. The third-order valence-electron chi connectivity index (χ3n) is 7.10. The topological polar surface area (TPSA) is 330 Å². The first-order valence-corrected chi connectivity index (χ1v) is 14.6. The Balaban J connectivity index is 1.95. The van der Waals surface area contributed by atoms with Crippen molar-refractivity contribution in [3.8, 4) is 0 Å². The predicted molar refractivity (Wildman–Crippen MR) is 135 cm³/mol. The minimum absolute atomic E-state index is 0.686. The van der Waals surface area contributed by atoms with E-state index in [1.807, 2.05) is 0 Å². The summed E-state index contributed by atoms with van der Waals surface area (Å²) in [6.07, 6.45) is -23.2. The molecule has 0 aromatic carbocycles. The summed E-state index contributed by atoms with van der Waals surface area (Å²) >= 11 is 0. The predicted octanol–water partition coefficient (Wildman–Crippen LogP) is -7.46. The van der Waals surface area contributed by atoms with Crippen LogP contribution in [0.3, 0.4) is 0 Å². The van der Waals surface area contributed by atoms with Gasteiger partial charge in [0.25, 0.3) is 0 Å². The van der Waals surface area contributed by atoms with E-state index < -0.39 is 134 Å². The summed E-state index contributed by atoms with van der Waals surface area (Å²) in [5.41, 5.74) is 0. The van der Waals surface area contributed by atoms with Crippen molar-refractivity contribution in [2.24, 2.45) is 0 Å². The monoisotopic (exact) mass is 666 g/mol. The van der Waals surface area contributed by atoms with Crippen molar-refractivity contribution < 1.29 is 91.3 Å². The summed E-state index contributed by atoms with van der Waals surface area (Å²) in [6, 6.07) is -3.14. The van der Waals surface area contributed by atoms with E-state index in [2.05, 4.69) is 14.8 Å². The smallest absolute Gasteiger partial charge is 0.394 e. The highest BCUT2D eigenvalue weighted by Crippen LogP contribution is 2.32. The Labute approximate surface area is 250 Å². The fourth-order valence-corrected chi connectivity index (χ4v) is 5.32. The van der Waals surface area contributed by atoms with E-state index in [4.69, 9.17) is 28.2 Å². The summed E-state index contributed by atoms with van der Waals surface area (Å²) in [5, 5.41) is 86.9. The standard InChI is InChI=1S/C22H38N2O19S/c1-6(27)23-11-14(30)18(9(4-26)39-20(11)34)42-21-12(24-7(2)28)15(31)19(10(41-21)5-38-44(35,36)37)43-22-17(33)16(32)13(29)8(3-25)40-22/h8-22,25-26,29-34H,3-5H2,1-2H3,(H,23,27)(H,24,28)(H,35,36,37)/t8-,9-,10-,11-,12-,13+,14-,15-,16+,17-,18-,19-,20+,21+,22+/m1/s1. The summed E-state index contributed by atoms with van der Waals surface area (Å²) in [4.78, 5) is 23.7. The summed E-state index contributed by atoms with van der Waals surface area (Å²) < 4.78 is 63.8. The molecule has 22 heteroatoms. The van der Waals surface area contributed by atoms with Gasteiger partial charge in [-0.2, -0.15) is 8.42 Å². The number of nitrogens with one attached hydrogen (secondary N) is 2. The Hall–Kier alpha value is -1.71. The van der Waals surface area contributed by atoms with Gasteiger partial charge in [0, 0.05) is 13.8 Å². The fraction of sp³-hybridized carbons (Fsp3) is 0.909. The van der Waals surface area contributed by atoms with Crippen LogP contribution in [0.5, 0.6) is 0 Å². The van der Waals surface area contributed by atoms with Crippen molar-refractivity contribution in [2.45, 2.75) is 106 Å². The van der Waals surface area contributed by atoms with Crippen LogP contribution < -0.4 is 10.6 Å². The molecule has 3 saturated heterocycles. The quantitative estimate of drug-likeness (QED) is 0.0912. The molecule has 0 bridgehead atoms. The van der Waals surface area contributed by atoms with Crippen LogP contribution in [-0.2, 0) is 47.9 Å². The highest BCUT2D eigenvalue weighted by molar-refractivity contribution is 7.80. The molecule has 44 heavy (non-hydrogen) atoms. The average molecular weight is 667 g/mol.